The average Bonchev–Trinajstić information content (AvgIpc) is 3.02. The molecule has 0 radical (unpaired) electrons. The summed E-state index contributed by atoms with van der Waals surface area (Å²) in [6.07, 6.45) is -4.32. The van der Waals surface area contributed by atoms with E-state index in [1.807, 2.05) is 0 Å². The van der Waals surface area contributed by atoms with Crippen molar-refractivity contribution in [3.05, 3.63) is 53.9 Å². The highest BCUT2D eigenvalue weighted by atomic mass is 19.4. The Morgan fingerprint density at radius 3 is 2.39 bits per heavy atom. The topological polar surface area (TPSA) is 66.5 Å². The molecule has 3 aromatic rings. The Morgan fingerprint density at radius 2 is 1.78 bits per heavy atom. The van der Waals surface area contributed by atoms with E-state index in [0.717, 1.165) is 12.1 Å². The minimum absolute atomic E-state index is 0.295. The monoisotopic (exact) mass is 323 g/mol. The van der Waals surface area contributed by atoms with Gasteiger partial charge in [-0.1, -0.05) is 24.3 Å². The summed E-state index contributed by atoms with van der Waals surface area (Å²) < 4.78 is 43.1. The van der Waals surface area contributed by atoms with Crippen LogP contribution in [0.2, 0.25) is 0 Å². The average molecular weight is 323 g/mol. The van der Waals surface area contributed by atoms with E-state index in [4.69, 9.17) is 9.52 Å². The highest BCUT2D eigenvalue weighted by Crippen LogP contribution is 2.35. The number of halogens is 3. The van der Waals surface area contributed by atoms with Gasteiger partial charge >= 0.3 is 6.18 Å². The van der Waals surface area contributed by atoms with Crippen molar-refractivity contribution in [2.45, 2.75) is 12.3 Å². The number of aliphatic hydroxyl groups is 2. The standard InChI is InChI=1S/C16H12F3NO3/c17-16(18,19)10-3-1-9(2-4-10)11-5-6-12(13(22)7-21)15-14(11)20-8-23-15/h1-6,8,13,21-22H,7H2. The molecule has 1 heterocycles. The van der Waals surface area contributed by atoms with Gasteiger partial charge in [-0.3, -0.25) is 0 Å². The second-order valence-electron chi connectivity index (χ2n) is 5.01. The molecule has 4 nitrogen and oxygen atoms in total. The molecule has 0 aliphatic rings. The lowest BCUT2D eigenvalue weighted by Gasteiger charge is -2.11. The van der Waals surface area contributed by atoms with Crippen LogP contribution in [-0.2, 0) is 6.18 Å². The molecule has 0 spiro atoms. The van der Waals surface area contributed by atoms with E-state index in [-0.39, 0.29) is 0 Å². The SMILES string of the molecule is OCC(O)c1ccc(-c2ccc(C(F)(F)F)cc2)c2ncoc12. The molecule has 0 amide bonds. The van der Waals surface area contributed by atoms with Crippen molar-refractivity contribution in [3.8, 4) is 11.1 Å². The van der Waals surface area contributed by atoms with Crippen LogP contribution in [0.5, 0.6) is 0 Å². The van der Waals surface area contributed by atoms with Crippen molar-refractivity contribution in [3.63, 3.8) is 0 Å². The fourth-order valence-corrected chi connectivity index (χ4v) is 2.40. The van der Waals surface area contributed by atoms with Crippen LogP contribution in [0.1, 0.15) is 17.2 Å². The van der Waals surface area contributed by atoms with Crippen LogP contribution < -0.4 is 0 Å². The van der Waals surface area contributed by atoms with Crippen molar-refractivity contribution in [2.75, 3.05) is 6.61 Å². The molecule has 1 unspecified atom stereocenters. The largest absolute Gasteiger partial charge is 0.443 e. The minimum Gasteiger partial charge on any atom is -0.443 e. The zero-order valence-electron chi connectivity index (χ0n) is 11.7. The predicted molar refractivity (Wildman–Crippen MR) is 76.5 cm³/mol. The molecule has 2 aromatic carbocycles. The van der Waals surface area contributed by atoms with E-state index < -0.39 is 24.5 Å². The molecule has 120 valence electrons. The Morgan fingerprint density at radius 1 is 1.09 bits per heavy atom. The van der Waals surface area contributed by atoms with Gasteiger partial charge in [-0.2, -0.15) is 13.2 Å². The summed E-state index contributed by atoms with van der Waals surface area (Å²) >= 11 is 0. The fourth-order valence-electron chi connectivity index (χ4n) is 2.40. The first-order chi connectivity index (χ1) is 10.9. The fraction of sp³-hybridized carbons (Fsp3) is 0.188. The normalized spacial score (nSPS) is 13.4. The Hall–Kier alpha value is -2.38. The molecule has 23 heavy (non-hydrogen) atoms. The van der Waals surface area contributed by atoms with Gasteiger partial charge in [0, 0.05) is 11.1 Å². The van der Waals surface area contributed by atoms with Crippen LogP contribution in [0, 0.1) is 0 Å². The minimum atomic E-state index is -4.39. The van der Waals surface area contributed by atoms with Gasteiger partial charge in [0.25, 0.3) is 0 Å². The van der Waals surface area contributed by atoms with Gasteiger partial charge < -0.3 is 14.6 Å². The number of benzene rings is 2. The summed E-state index contributed by atoms with van der Waals surface area (Å²) in [7, 11) is 0. The van der Waals surface area contributed by atoms with Gasteiger partial charge in [-0.15, -0.1) is 0 Å². The zero-order valence-corrected chi connectivity index (χ0v) is 11.7. The van der Waals surface area contributed by atoms with Crippen molar-refractivity contribution in [1.82, 2.24) is 4.98 Å². The van der Waals surface area contributed by atoms with Crippen molar-refractivity contribution in [1.29, 1.82) is 0 Å². The molecule has 0 saturated heterocycles. The van der Waals surface area contributed by atoms with E-state index >= 15 is 0 Å². The zero-order chi connectivity index (χ0) is 16.6. The Labute approximate surface area is 128 Å². The number of aliphatic hydroxyl groups excluding tert-OH is 2. The van der Waals surface area contributed by atoms with Crippen LogP contribution in [0.4, 0.5) is 13.2 Å². The highest BCUT2D eigenvalue weighted by molar-refractivity contribution is 5.92. The molecule has 2 N–H and O–H groups in total. The van der Waals surface area contributed by atoms with E-state index in [2.05, 4.69) is 4.98 Å². The first kappa shape index (κ1) is 15.5. The molecular weight excluding hydrogens is 311 g/mol. The summed E-state index contributed by atoms with van der Waals surface area (Å²) in [5.41, 5.74) is 1.47. The molecule has 7 heteroatoms. The van der Waals surface area contributed by atoms with Crippen LogP contribution >= 0.6 is 0 Å². The maximum Gasteiger partial charge on any atom is 0.416 e. The van der Waals surface area contributed by atoms with E-state index in [0.29, 0.717) is 27.8 Å². The Kier molecular flexibility index (Phi) is 3.83. The smallest absolute Gasteiger partial charge is 0.416 e. The maximum atomic E-state index is 12.6. The first-order valence-electron chi connectivity index (χ1n) is 6.74. The van der Waals surface area contributed by atoms with Crippen molar-refractivity contribution >= 4 is 11.1 Å². The summed E-state index contributed by atoms with van der Waals surface area (Å²) in [4.78, 5) is 4.06. The predicted octanol–water partition coefficient (Wildman–Crippen LogP) is 3.54. The third kappa shape index (κ3) is 2.80. The summed E-state index contributed by atoms with van der Waals surface area (Å²) in [6.45, 7) is -0.477. The van der Waals surface area contributed by atoms with Gasteiger partial charge in [0.15, 0.2) is 12.0 Å². The second-order valence-corrected chi connectivity index (χ2v) is 5.01. The number of oxazole rings is 1. The third-order valence-corrected chi connectivity index (χ3v) is 3.57. The van der Waals surface area contributed by atoms with Crippen LogP contribution in [0.25, 0.3) is 22.2 Å². The van der Waals surface area contributed by atoms with Gasteiger partial charge in [0.2, 0.25) is 0 Å². The lowest BCUT2D eigenvalue weighted by atomic mass is 9.99. The lowest BCUT2D eigenvalue weighted by Crippen LogP contribution is -2.04. The van der Waals surface area contributed by atoms with Crippen molar-refractivity contribution in [2.24, 2.45) is 0 Å². The van der Waals surface area contributed by atoms with Crippen LogP contribution in [0.15, 0.2) is 47.2 Å². The molecule has 3 rings (SSSR count). The van der Waals surface area contributed by atoms with E-state index in [1.165, 1.54) is 18.5 Å². The number of alkyl halides is 3. The van der Waals surface area contributed by atoms with E-state index in [1.54, 1.807) is 12.1 Å². The Balaban J connectivity index is 2.09. The molecular formula is C16H12F3NO3. The van der Waals surface area contributed by atoms with E-state index in [9.17, 15) is 18.3 Å². The molecule has 0 saturated carbocycles. The molecule has 0 aliphatic heterocycles. The molecule has 0 aliphatic carbocycles. The van der Waals surface area contributed by atoms with Gasteiger partial charge in [-0.25, -0.2) is 4.98 Å². The molecule has 1 atom stereocenters. The molecule has 0 fully saturated rings. The molecule has 1 aromatic heterocycles. The van der Waals surface area contributed by atoms with Gasteiger partial charge in [0.05, 0.1) is 12.2 Å². The summed E-state index contributed by atoms with van der Waals surface area (Å²) in [5, 5.41) is 18.8. The number of hydrogen-bond acceptors (Lipinski definition) is 4. The number of rotatable bonds is 3. The molecule has 0 bridgehead atoms. The number of hydrogen-bond donors (Lipinski definition) is 2. The van der Waals surface area contributed by atoms with Crippen LogP contribution in [0.3, 0.4) is 0 Å². The first-order valence-corrected chi connectivity index (χ1v) is 6.74. The third-order valence-electron chi connectivity index (χ3n) is 3.57. The maximum absolute atomic E-state index is 12.6. The Bertz CT molecular complexity index is 825. The van der Waals surface area contributed by atoms with Crippen molar-refractivity contribution < 1.29 is 27.8 Å². The quantitative estimate of drug-likeness (QED) is 0.774. The number of aromatic nitrogens is 1. The second kappa shape index (κ2) is 5.68. The van der Waals surface area contributed by atoms with Crippen LogP contribution in [-0.4, -0.2) is 21.8 Å². The summed E-state index contributed by atoms with van der Waals surface area (Å²) in [6, 6.07) is 7.89. The lowest BCUT2D eigenvalue weighted by molar-refractivity contribution is -0.137. The number of fused-ring (bicyclic) bond motifs is 1. The highest BCUT2D eigenvalue weighted by Gasteiger charge is 2.30. The summed E-state index contributed by atoms with van der Waals surface area (Å²) in [5.74, 6) is 0. The number of nitrogens with zero attached hydrogens (tertiary/aromatic N) is 1. The van der Waals surface area contributed by atoms with Gasteiger partial charge in [0.1, 0.15) is 11.6 Å². The van der Waals surface area contributed by atoms with Gasteiger partial charge in [-0.05, 0) is 17.7 Å².